The van der Waals surface area contributed by atoms with Crippen molar-refractivity contribution >= 4 is 35.3 Å². The number of hydrogen-bond donors (Lipinski definition) is 4. The summed E-state index contributed by atoms with van der Waals surface area (Å²) in [5.74, 6) is 0.361. The maximum absolute atomic E-state index is 11.6. The largest absolute Gasteiger partial charge is 0.507 e. The van der Waals surface area contributed by atoms with Crippen LogP contribution in [0.3, 0.4) is 0 Å². The van der Waals surface area contributed by atoms with Gasteiger partial charge in [-0.25, -0.2) is 0 Å². The highest BCUT2D eigenvalue weighted by atomic mass is 32.2. The van der Waals surface area contributed by atoms with E-state index in [9.17, 15) is 20.4 Å². The summed E-state index contributed by atoms with van der Waals surface area (Å²) in [6.45, 7) is 15.4. The molecular weight excluding hydrogens is 593 g/mol. The van der Waals surface area contributed by atoms with Crippen LogP contribution in [0.4, 0.5) is 0 Å². The van der Waals surface area contributed by atoms with Crippen LogP contribution in [-0.2, 0) is 25.7 Å². The number of phenolic OH excluding ortho intramolecular Hbond substituents is 4. The molecule has 0 saturated heterocycles. The monoisotopic (exact) mass is 626 g/mol. The van der Waals surface area contributed by atoms with Crippen molar-refractivity contribution in [1.29, 1.82) is 0 Å². The number of phenols is 4. The number of benzene rings is 4. The minimum absolute atomic E-state index is 0.0640. The van der Waals surface area contributed by atoms with Gasteiger partial charge in [-0.05, 0) is 90.4 Å². The third-order valence-electron chi connectivity index (χ3n) is 6.47. The maximum Gasteiger partial charge on any atom is 0.143 e. The minimum atomic E-state index is 0.0640. The first-order valence-corrected chi connectivity index (χ1v) is 16.0. The summed E-state index contributed by atoms with van der Waals surface area (Å²) in [6.07, 6.45) is 9.62. The first kappa shape index (κ1) is 32.0. The molecule has 0 spiro atoms. The Morgan fingerprint density at radius 2 is 0.907 bits per heavy atom. The summed E-state index contributed by atoms with van der Waals surface area (Å²) in [5, 5.41) is 43.9. The molecule has 220 valence electrons. The fourth-order valence-corrected chi connectivity index (χ4v) is 7.87. The van der Waals surface area contributed by atoms with Gasteiger partial charge in [0.25, 0.3) is 0 Å². The van der Waals surface area contributed by atoms with Gasteiger partial charge in [0.1, 0.15) is 23.0 Å². The Kier molecular flexibility index (Phi) is 11.2. The minimum Gasteiger partial charge on any atom is -0.507 e. The van der Waals surface area contributed by atoms with Crippen LogP contribution in [0.15, 0.2) is 141 Å². The molecule has 7 heteroatoms. The van der Waals surface area contributed by atoms with Crippen LogP contribution >= 0.6 is 35.3 Å². The normalized spacial score (nSPS) is 10.8. The van der Waals surface area contributed by atoms with Crippen molar-refractivity contribution in [3.63, 3.8) is 0 Å². The van der Waals surface area contributed by atoms with Crippen LogP contribution in [0.5, 0.6) is 23.0 Å². The first-order chi connectivity index (χ1) is 20.8. The molecule has 4 aromatic rings. The Balaban J connectivity index is 1.82. The molecule has 0 aliphatic heterocycles. The van der Waals surface area contributed by atoms with Gasteiger partial charge in [-0.2, -0.15) is 0 Å². The molecule has 0 heterocycles. The molecule has 4 rings (SSSR count). The van der Waals surface area contributed by atoms with Crippen LogP contribution in [0, 0.1) is 0 Å². The number of rotatable bonds is 14. The van der Waals surface area contributed by atoms with E-state index in [1.54, 1.807) is 42.5 Å². The molecule has 0 radical (unpaired) electrons. The molecule has 0 aromatic heterocycles. The molecule has 4 aromatic carbocycles. The van der Waals surface area contributed by atoms with Crippen molar-refractivity contribution < 1.29 is 20.4 Å². The highest BCUT2D eigenvalue weighted by Crippen LogP contribution is 2.51. The molecule has 0 unspecified atom stereocenters. The van der Waals surface area contributed by atoms with Crippen LogP contribution in [0.2, 0.25) is 0 Å². The van der Waals surface area contributed by atoms with Crippen molar-refractivity contribution in [3.8, 4) is 23.0 Å². The molecule has 0 amide bonds. The van der Waals surface area contributed by atoms with Gasteiger partial charge in [0, 0.05) is 4.90 Å². The fourth-order valence-electron chi connectivity index (χ4n) is 4.40. The zero-order valence-corrected chi connectivity index (χ0v) is 26.2. The van der Waals surface area contributed by atoms with Gasteiger partial charge in [-0.1, -0.05) is 77.8 Å². The van der Waals surface area contributed by atoms with E-state index in [0.717, 1.165) is 27.1 Å². The fraction of sp³-hybridized carbons (Fsp3) is 0.111. The van der Waals surface area contributed by atoms with Crippen LogP contribution < -0.4 is 0 Å². The van der Waals surface area contributed by atoms with Gasteiger partial charge < -0.3 is 20.4 Å². The summed E-state index contributed by atoms with van der Waals surface area (Å²) < 4.78 is 0. The van der Waals surface area contributed by atoms with Crippen molar-refractivity contribution in [2.75, 3.05) is 0 Å². The Morgan fingerprint density at radius 1 is 0.465 bits per heavy atom. The second-order valence-electron chi connectivity index (χ2n) is 9.72. The summed E-state index contributed by atoms with van der Waals surface area (Å²) in [7, 11) is 0. The highest BCUT2D eigenvalue weighted by Gasteiger charge is 2.21. The smallest absolute Gasteiger partial charge is 0.143 e. The van der Waals surface area contributed by atoms with E-state index in [-0.39, 0.29) is 23.0 Å². The Morgan fingerprint density at radius 3 is 1.47 bits per heavy atom. The molecule has 43 heavy (non-hydrogen) atoms. The summed E-state index contributed by atoms with van der Waals surface area (Å²) in [5.41, 5.74) is 3.85. The van der Waals surface area contributed by atoms with Gasteiger partial charge in [0.2, 0.25) is 0 Å². The lowest BCUT2D eigenvalue weighted by atomic mass is 10.1. The number of hydrogen-bond acceptors (Lipinski definition) is 7. The van der Waals surface area contributed by atoms with E-state index in [4.69, 9.17) is 0 Å². The van der Waals surface area contributed by atoms with E-state index < -0.39 is 0 Å². The van der Waals surface area contributed by atoms with E-state index >= 15 is 0 Å². The van der Waals surface area contributed by atoms with Crippen molar-refractivity contribution in [2.45, 2.75) is 55.1 Å². The molecule has 4 nitrogen and oxygen atoms in total. The average Bonchev–Trinajstić information content (AvgIpc) is 2.98. The van der Waals surface area contributed by atoms with Gasteiger partial charge in [-0.15, -0.1) is 26.3 Å². The predicted octanol–water partition coefficient (Wildman–Crippen LogP) is 9.88. The van der Waals surface area contributed by atoms with Crippen LogP contribution in [0.25, 0.3) is 0 Å². The predicted molar refractivity (Wildman–Crippen MR) is 180 cm³/mol. The molecule has 0 atom stereocenters. The maximum atomic E-state index is 11.6. The molecule has 4 N–H and O–H groups in total. The average molecular weight is 627 g/mol. The number of allylic oxidation sites excluding steroid dienone is 4. The quantitative estimate of drug-likeness (QED) is 0.104. The van der Waals surface area contributed by atoms with Gasteiger partial charge in [0.15, 0.2) is 0 Å². The van der Waals surface area contributed by atoms with E-state index in [2.05, 4.69) is 26.3 Å². The molecular formula is C36H34O4S3. The Bertz CT molecular complexity index is 1680. The molecule has 0 fully saturated rings. The zero-order chi connectivity index (χ0) is 30.9. The molecule has 0 saturated carbocycles. The second kappa shape index (κ2) is 15.0. The van der Waals surface area contributed by atoms with Gasteiger partial charge in [-0.3, -0.25) is 0 Å². The molecule has 0 bridgehead atoms. The van der Waals surface area contributed by atoms with Crippen LogP contribution in [0.1, 0.15) is 22.3 Å². The lowest BCUT2D eigenvalue weighted by Gasteiger charge is -2.18. The second-order valence-corrected chi connectivity index (χ2v) is 12.9. The Hall–Kier alpha value is -3.91. The van der Waals surface area contributed by atoms with E-state index in [1.807, 2.05) is 42.5 Å². The van der Waals surface area contributed by atoms with Gasteiger partial charge in [0.05, 0.1) is 24.5 Å². The van der Waals surface area contributed by atoms with Crippen molar-refractivity contribution in [3.05, 3.63) is 134 Å². The topological polar surface area (TPSA) is 80.9 Å². The summed E-state index contributed by atoms with van der Waals surface area (Å²) in [6, 6.07) is 18.1. The van der Waals surface area contributed by atoms with E-state index in [0.29, 0.717) is 50.2 Å². The van der Waals surface area contributed by atoms with Crippen LogP contribution in [-0.4, -0.2) is 20.4 Å². The third kappa shape index (κ3) is 7.93. The number of aromatic hydroxyl groups is 4. The lowest BCUT2D eigenvalue weighted by Crippen LogP contribution is -1.93. The SMILES string of the molecule is C=CCc1ccc(O)c(Sc2cc(CC=C)cc(Sc3c(CC=C)ccc(O)c3Sc3cc(CC=C)ccc3O)c2O)c1. The van der Waals surface area contributed by atoms with Crippen molar-refractivity contribution in [1.82, 2.24) is 0 Å². The first-order valence-electron chi connectivity index (χ1n) is 13.6. The van der Waals surface area contributed by atoms with Gasteiger partial charge >= 0.3 is 0 Å². The summed E-state index contributed by atoms with van der Waals surface area (Å²) in [4.78, 5) is 3.71. The lowest BCUT2D eigenvalue weighted by molar-refractivity contribution is 0.447. The zero-order valence-electron chi connectivity index (χ0n) is 23.8. The molecule has 0 aliphatic rings. The van der Waals surface area contributed by atoms with Crippen molar-refractivity contribution in [2.24, 2.45) is 0 Å². The highest BCUT2D eigenvalue weighted by molar-refractivity contribution is 8.02. The standard InChI is InChI=1S/C36H34O4S3/c1-5-9-23-13-16-27(37)30(19-23)41-32-21-25(11-7-3)22-33(34(32)40)43-35-26(12-8-4)15-18-29(39)36(35)42-31-20-24(10-6-2)14-17-28(31)38/h5-8,13-22,37-40H,1-4,9-12H2. The van der Waals surface area contributed by atoms with E-state index in [1.165, 1.54) is 35.3 Å². The molecule has 0 aliphatic carbocycles. The summed E-state index contributed by atoms with van der Waals surface area (Å²) >= 11 is 3.89. The Labute approximate surface area is 266 Å². The third-order valence-corrected chi connectivity index (χ3v) is 10.0.